The highest BCUT2D eigenvalue weighted by atomic mass is 32.2. The fraction of sp³-hybridized carbons (Fsp3) is 0.600. The number of hydrogen-bond acceptors (Lipinski definition) is 4. The summed E-state index contributed by atoms with van der Waals surface area (Å²) < 4.78 is 39.8. The molecule has 29 heavy (non-hydrogen) atoms. The monoisotopic (exact) mass is 423 g/mol. The molecule has 158 valence electrons. The van der Waals surface area contributed by atoms with Crippen molar-refractivity contribution in [3.8, 4) is 0 Å². The van der Waals surface area contributed by atoms with Crippen LogP contribution in [0.3, 0.4) is 0 Å². The minimum Gasteiger partial charge on any atom is -0.340 e. The van der Waals surface area contributed by atoms with E-state index in [0.717, 1.165) is 37.8 Å². The highest BCUT2D eigenvalue weighted by Crippen LogP contribution is 2.30. The van der Waals surface area contributed by atoms with Crippen LogP contribution in [-0.4, -0.2) is 73.1 Å². The third kappa shape index (κ3) is 4.02. The second-order valence-electron chi connectivity index (χ2n) is 8.07. The van der Waals surface area contributed by atoms with Gasteiger partial charge in [-0.1, -0.05) is 12.8 Å². The van der Waals surface area contributed by atoms with Crippen LogP contribution in [-0.2, 0) is 19.6 Å². The minimum absolute atomic E-state index is 0.0484. The topological polar surface area (TPSA) is 78.0 Å². The van der Waals surface area contributed by atoms with Crippen molar-refractivity contribution in [1.29, 1.82) is 0 Å². The van der Waals surface area contributed by atoms with Gasteiger partial charge in [0.15, 0.2) is 0 Å². The van der Waals surface area contributed by atoms with Crippen LogP contribution in [0.15, 0.2) is 29.2 Å². The zero-order chi connectivity index (χ0) is 20.6. The third-order valence-electron chi connectivity index (χ3n) is 6.27. The number of likely N-dealkylation sites (tertiary alicyclic amines) is 1. The fourth-order valence-corrected chi connectivity index (χ4v) is 6.05. The van der Waals surface area contributed by atoms with Gasteiger partial charge in [-0.05, 0) is 37.1 Å². The lowest BCUT2D eigenvalue weighted by molar-refractivity contribution is -0.137. The number of amides is 2. The lowest BCUT2D eigenvalue weighted by atomic mass is 10.1. The molecule has 1 aromatic carbocycles. The molecular weight excluding hydrogens is 397 g/mol. The molecule has 2 amide bonds. The summed E-state index contributed by atoms with van der Waals surface area (Å²) in [4.78, 5) is 28.9. The molecule has 2 heterocycles. The zero-order valence-corrected chi connectivity index (χ0v) is 17.1. The van der Waals surface area contributed by atoms with E-state index in [9.17, 15) is 22.4 Å². The molecule has 0 unspecified atom stereocenters. The predicted octanol–water partition coefficient (Wildman–Crippen LogP) is 1.45. The molecule has 2 saturated heterocycles. The second kappa shape index (κ2) is 8.02. The van der Waals surface area contributed by atoms with Crippen LogP contribution < -0.4 is 0 Å². The average molecular weight is 424 g/mol. The van der Waals surface area contributed by atoms with Gasteiger partial charge in [-0.3, -0.25) is 9.59 Å². The van der Waals surface area contributed by atoms with E-state index in [-0.39, 0.29) is 48.2 Å². The van der Waals surface area contributed by atoms with Crippen LogP contribution in [0.25, 0.3) is 0 Å². The van der Waals surface area contributed by atoms with Crippen molar-refractivity contribution in [3.63, 3.8) is 0 Å². The van der Waals surface area contributed by atoms with Crippen LogP contribution in [0.5, 0.6) is 0 Å². The number of halogens is 1. The Morgan fingerprint density at radius 1 is 1.00 bits per heavy atom. The van der Waals surface area contributed by atoms with Gasteiger partial charge in [0.25, 0.3) is 0 Å². The number of nitrogens with zero attached hydrogens (tertiary/aromatic N) is 3. The zero-order valence-electron chi connectivity index (χ0n) is 16.3. The van der Waals surface area contributed by atoms with Gasteiger partial charge in [0, 0.05) is 45.2 Å². The first-order valence-electron chi connectivity index (χ1n) is 10.2. The summed E-state index contributed by atoms with van der Waals surface area (Å²) in [5.41, 5.74) is 0. The molecule has 3 fully saturated rings. The van der Waals surface area contributed by atoms with E-state index in [0.29, 0.717) is 19.6 Å². The maximum atomic E-state index is 13.1. The number of rotatable bonds is 4. The predicted molar refractivity (Wildman–Crippen MR) is 104 cm³/mol. The third-order valence-corrected chi connectivity index (χ3v) is 8.19. The van der Waals surface area contributed by atoms with Gasteiger partial charge in [0.05, 0.1) is 10.8 Å². The average Bonchev–Trinajstić information content (AvgIpc) is 3.37. The maximum Gasteiger partial charge on any atom is 0.243 e. The molecule has 0 bridgehead atoms. The first-order valence-corrected chi connectivity index (χ1v) is 11.6. The van der Waals surface area contributed by atoms with Crippen LogP contribution >= 0.6 is 0 Å². The Morgan fingerprint density at radius 3 is 2.24 bits per heavy atom. The van der Waals surface area contributed by atoms with Gasteiger partial charge in [-0.25, -0.2) is 12.8 Å². The Labute approximate surface area is 170 Å². The summed E-state index contributed by atoms with van der Waals surface area (Å²) in [6, 6.07) is 5.03. The normalized spacial score (nSPS) is 24.4. The van der Waals surface area contributed by atoms with Crippen molar-refractivity contribution in [1.82, 2.24) is 14.1 Å². The molecule has 3 aliphatic rings. The molecule has 0 radical (unpaired) electrons. The summed E-state index contributed by atoms with van der Waals surface area (Å²) in [6.45, 7) is 1.47. The van der Waals surface area contributed by atoms with Crippen molar-refractivity contribution in [3.05, 3.63) is 30.1 Å². The molecule has 0 N–H and O–H groups in total. The molecule has 1 aliphatic carbocycles. The Kier molecular flexibility index (Phi) is 5.61. The van der Waals surface area contributed by atoms with Gasteiger partial charge in [-0.15, -0.1) is 0 Å². The second-order valence-corrected chi connectivity index (χ2v) is 10.0. The van der Waals surface area contributed by atoms with Crippen LogP contribution in [0.4, 0.5) is 4.39 Å². The van der Waals surface area contributed by atoms with Crippen molar-refractivity contribution in [2.24, 2.45) is 5.92 Å². The highest BCUT2D eigenvalue weighted by molar-refractivity contribution is 7.89. The summed E-state index contributed by atoms with van der Waals surface area (Å²) in [5.74, 6) is -0.814. The summed E-state index contributed by atoms with van der Waals surface area (Å²) in [6.07, 6.45) is 4.57. The number of carbonyl (C=O) groups is 2. The highest BCUT2D eigenvalue weighted by Gasteiger charge is 2.41. The Balaban J connectivity index is 1.35. The largest absolute Gasteiger partial charge is 0.340 e. The van der Waals surface area contributed by atoms with E-state index >= 15 is 0 Å². The number of benzene rings is 1. The quantitative estimate of drug-likeness (QED) is 0.734. The standard InChI is InChI=1S/C20H26FN3O4S/c21-16-5-7-18(8-6-16)29(27,28)23-11-9-22(10-12-23)20(26)15-13-19(25)24(14-15)17-3-1-2-4-17/h5-8,15,17H,1-4,9-14H2/t15-/m1/s1. The van der Waals surface area contributed by atoms with Crippen LogP contribution in [0, 0.1) is 11.7 Å². The van der Waals surface area contributed by atoms with Crippen molar-refractivity contribution in [2.45, 2.75) is 43.0 Å². The fourth-order valence-electron chi connectivity index (χ4n) is 4.63. The van der Waals surface area contributed by atoms with Gasteiger partial charge < -0.3 is 9.80 Å². The van der Waals surface area contributed by atoms with E-state index in [4.69, 9.17) is 0 Å². The molecule has 9 heteroatoms. The summed E-state index contributed by atoms with van der Waals surface area (Å²) in [5, 5.41) is 0. The van der Waals surface area contributed by atoms with Gasteiger partial charge in [0.2, 0.25) is 21.8 Å². The van der Waals surface area contributed by atoms with Gasteiger partial charge >= 0.3 is 0 Å². The van der Waals surface area contributed by atoms with Gasteiger partial charge in [0.1, 0.15) is 5.82 Å². The van der Waals surface area contributed by atoms with Crippen LogP contribution in [0.2, 0.25) is 0 Å². The number of piperazine rings is 1. The number of hydrogen-bond donors (Lipinski definition) is 0. The van der Waals surface area contributed by atoms with E-state index in [1.54, 1.807) is 4.90 Å². The Morgan fingerprint density at radius 2 is 1.62 bits per heavy atom. The summed E-state index contributed by atoms with van der Waals surface area (Å²) >= 11 is 0. The SMILES string of the molecule is O=C([C@@H]1CC(=O)N(C2CCCC2)C1)N1CCN(S(=O)(=O)c2ccc(F)cc2)CC1. The molecule has 1 atom stereocenters. The molecule has 1 saturated carbocycles. The molecule has 4 rings (SSSR count). The number of carbonyl (C=O) groups excluding carboxylic acids is 2. The minimum atomic E-state index is -3.71. The van der Waals surface area contributed by atoms with Gasteiger partial charge in [-0.2, -0.15) is 4.31 Å². The van der Waals surface area contributed by atoms with E-state index in [2.05, 4.69) is 0 Å². The van der Waals surface area contributed by atoms with Crippen molar-refractivity contribution < 1.29 is 22.4 Å². The first-order chi connectivity index (χ1) is 13.9. The lowest BCUT2D eigenvalue weighted by Gasteiger charge is -2.35. The van der Waals surface area contributed by atoms with E-state index < -0.39 is 15.8 Å². The molecule has 1 aromatic rings. The maximum absolute atomic E-state index is 13.1. The molecule has 0 aromatic heterocycles. The Bertz CT molecular complexity index is 875. The molecule has 7 nitrogen and oxygen atoms in total. The molecule has 2 aliphatic heterocycles. The summed E-state index contributed by atoms with van der Waals surface area (Å²) in [7, 11) is -3.71. The number of sulfonamides is 1. The van der Waals surface area contributed by atoms with Crippen molar-refractivity contribution >= 4 is 21.8 Å². The smallest absolute Gasteiger partial charge is 0.243 e. The van der Waals surface area contributed by atoms with E-state index in [1.165, 1.54) is 16.4 Å². The van der Waals surface area contributed by atoms with Crippen LogP contribution in [0.1, 0.15) is 32.1 Å². The van der Waals surface area contributed by atoms with E-state index in [1.807, 2.05) is 4.90 Å². The lowest BCUT2D eigenvalue weighted by Crippen LogP contribution is -2.52. The molecular formula is C20H26FN3O4S. The van der Waals surface area contributed by atoms with Crippen molar-refractivity contribution in [2.75, 3.05) is 32.7 Å². The first kappa shape index (κ1) is 20.3. The Hall–Kier alpha value is -2.00. The molecule has 0 spiro atoms.